The number of hydrogen-bond donors (Lipinski definition) is 2. The molecule has 0 bridgehead atoms. The van der Waals surface area contributed by atoms with Crippen molar-refractivity contribution in [3.05, 3.63) is 64.7 Å². The van der Waals surface area contributed by atoms with Gasteiger partial charge in [0.25, 0.3) is 0 Å². The van der Waals surface area contributed by atoms with E-state index in [1.807, 2.05) is 36.4 Å². The van der Waals surface area contributed by atoms with Gasteiger partial charge < -0.3 is 10.1 Å². The van der Waals surface area contributed by atoms with Crippen LogP contribution in [0.2, 0.25) is 5.02 Å². The Bertz CT molecular complexity index is 1040. The Balaban J connectivity index is 1.78. The highest BCUT2D eigenvalue weighted by atomic mass is 35.5. The molecule has 0 aliphatic rings. The monoisotopic (exact) mass is 476 g/mol. The average Bonchev–Trinajstić information content (AvgIpc) is 2.77. The van der Waals surface area contributed by atoms with Crippen LogP contribution in [-0.4, -0.2) is 39.3 Å². The van der Waals surface area contributed by atoms with Crippen LogP contribution in [0.3, 0.4) is 0 Å². The molecule has 0 fully saturated rings. The third kappa shape index (κ3) is 8.91. The first-order chi connectivity index (χ1) is 15.2. The van der Waals surface area contributed by atoms with Crippen molar-refractivity contribution in [2.45, 2.75) is 33.2 Å². The first-order valence-electron chi connectivity index (χ1n) is 10.4. The Hall–Kier alpha value is -2.53. The second kappa shape index (κ2) is 12.5. The molecule has 1 amide bonds. The van der Waals surface area contributed by atoms with Crippen LogP contribution in [0.5, 0.6) is 5.75 Å². The Morgan fingerprint density at radius 3 is 2.34 bits per heavy atom. The molecule has 32 heavy (non-hydrogen) atoms. The fourth-order valence-corrected chi connectivity index (χ4v) is 3.81. The normalized spacial score (nSPS) is 12.0. The summed E-state index contributed by atoms with van der Waals surface area (Å²) in [5.74, 6) is 6.13. The first-order valence-corrected chi connectivity index (χ1v) is 12.5. The summed E-state index contributed by atoms with van der Waals surface area (Å²) in [5, 5.41) is 3.48. The number of halogens is 1. The highest BCUT2D eigenvalue weighted by Gasteiger charge is 2.26. The van der Waals surface area contributed by atoms with Crippen LogP contribution in [0.25, 0.3) is 0 Å². The van der Waals surface area contributed by atoms with Crippen molar-refractivity contribution in [3.8, 4) is 17.6 Å². The van der Waals surface area contributed by atoms with E-state index in [9.17, 15) is 13.2 Å². The summed E-state index contributed by atoms with van der Waals surface area (Å²) in [6, 6.07) is 14.1. The lowest BCUT2D eigenvalue weighted by Gasteiger charge is -2.21. The number of hydrogen-bond acceptors (Lipinski definition) is 4. The summed E-state index contributed by atoms with van der Waals surface area (Å²) < 4.78 is 31.7. The van der Waals surface area contributed by atoms with Gasteiger partial charge in [-0.25, -0.2) is 13.1 Å². The van der Waals surface area contributed by atoms with Crippen molar-refractivity contribution >= 4 is 27.5 Å². The Morgan fingerprint density at radius 1 is 1.09 bits per heavy atom. The number of benzene rings is 2. The molecule has 0 aliphatic heterocycles. The lowest BCUT2D eigenvalue weighted by molar-refractivity contribution is -0.123. The molecule has 2 rings (SSSR count). The van der Waals surface area contributed by atoms with E-state index in [4.69, 9.17) is 16.3 Å². The molecular formula is C24H29ClN2O4S. The largest absolute Gasteiger partial charge is 0.481 e. The van der Waals surface area contributed by atoms with Crippen molar-refractivity contribution in [2.75, 3.05) is 18.9 Å². The van der Waals surface area contributed by atoms with Gasteiger partial charge in [0.05, 0.1) is 5.75 Å². The fourth-order valence-electron chi connectivity index (χ4n) is 2.75. The first kappa shape index (κ1) is 25.7. The standard InChI is InChI=1S/C24H29ClN2O4S/c1-4-32(29,30)27-23(18(2)3)24(28)26-16-15-20-9-13-22(14-10-20)31-17-5-6-19-7-11-21(25)12-8-19/h7-14,18,23,27H,4,15-17H2,1-3H3,(H,26,28). The van der Waals surface area contributed by atoms with Crippen LogP contribution < -0.4 is 14.8 Å². The quantitative estimate of drug-likeness (QED) is 0.515. The van der Waals surface area contributed by atoms with Crippen molar-refractivity contribution in [3.63, 3.8) is 0 Å². The molecule has 0 heterocycles. The molecule has 0 radical (unpaired) electrons. The molecule has 0 spiro atoms. The summed E-state index contributed by atoms with van der Waals surface area (Å²) in [7, 11) is -3.46. The Labute approximate surface area is 195 Å². The minimum absolute atomic E-state index is 0.0649. The van der Waals surface area contributed by atoms with Crippen LogP contribution in [-0.2, 0) is 21.2 Å². The minimum Gasteiger partial charge on any atom is -0.481 e. The van der Waals surface area contributed by atoms with Gasteiger partial charge in [0.15, 0.2) is 0 Å². The zero-order valence-electron chi connectivity index (χ0n) is 18.5. The molecule has 0 aliphatic carbocycles. The van der Waals surface area contributed by atoms with E-state index in [0.29, 0.717) is 23.7 Å². The van der Waals surface area contributed by atoms with Gasteiger partial charge in [-0.1, -0.05) is 49.4 Å². The van der Waals surface area contributed by atoms with E-state index in [-0.39, 0.29) is 24.2 Å². The van der Waals surface area contributed by atoms with Gasteiger partial charge in [0, 0.05) is 17.1 Å². The molecule has 1 atom stereocenters. The maximum absolute atomic E-state index is 12.4. The third-order valence-electron chi connectivity index (χ3n) is 4.66. The minimum atomic E-state index is -3.46. The van der Waals surface area contributed by atoms with E-state index < -0.39 is 16.1 Å². The van der Waals surface area contributed by atoms with E-state index in [1.165, 1.54) is 6.92 Å². The van der Waals surface area contributed by atoms with Crippen LogP contribution in [0, 0.1) is 17.8 Å². The van der Waals surface area contributed by atoms with Crippen LogP contribution in [0.4, 0.5) is 0 Å². The molecule has 2 aromatic rings. The Kier molecular flexibility index (Phi) is 10.0. The molecule has 0 aromatic heterocycles. The molecule has 6 nitrogen and oxygen atoms in total. The second-order valence-corrected chi connectivity index (χ2v) is 10.0. The van der Waals surface area contributed by atoms with Gasteiger partial charge in [0.1, 0.15) is 18.4 Å². The number of sulfonamides is 1. The molecule has 2 aromatic carbocycles. The maximum Gasteiger partial charge on any atom is 0.238 e. The highest BCUT2D eigenvalue weighted by molar-refractivity contribution is 7.89. The molecular weight excluding hydrogens is 448 g/mol. The lowest BCUT2D eigenvalue weighted by atomic mass is 10.0. The zero-order valence-corrected chi connectivity index (χ0v) is 20.1. The molecule has 172 valence electrons. The predicted octanol–water partition coefficient (Wildman–Crippen LogP) is 3.39. The number of carbonyl (C=O) groups excluding carboxylic acids is 1. The van der Waals surface area contributed by atoms with E-state index in [2.05, 4.69) is 21.9 Å². The van der Waals surface area contributed by atoms with E-state index >= 15 is 0 Å². The van der Waals surface area contributed by atoms with Crippen LogP contribution >= 0.6 is 11.6 Å². The fraction of sp³-hybridized carbons (Fsp3) is 0.375. The summed E-state index contributed by atoms with van der Waals surface area (Å²) >= 11 is 5.85. The summed E-state index contributed by atoms with van der Waals surface area (Å²) in [6.45, 7) is 5.82. The number of ether oxygens (including phenoxy) is 1. The smallest absolute Gasteiger partial charge is 0.238 e. The number of rotatable bonds is 10. The van der Waals surface area contributed by atoms with Gasteiger partial charge in [-0.05, 0) is 61.2 Å². The third-order valence-corrected chi connectivity index (χ3v) is 6.29. The van der Waals surface area contributed by atoms with Gasteiger partial charge in [-0.3, -0.25) is 4.79 Å². The van der Waals surface area contributed by atoms with Gasteiger partial charge in [-0.15, -0.1) is 0 Å². The lowest BCUT2D eigenvalue weighted by Crippen LogP contribution is -2.50. The molecule has 1 unspecified atom stereocenters. The number of amides is 1. The second-order valence-electron chi connectivity index (χ2n) is 7.53. The number of carbonyl (C=O) groups is 1. The summed E-state index contributed by atoms with van der Waals surface area (Å²) in [5.41, 5.74) is 1.90. The molecule has 8 heteroatoms. The zero-order chi connectivity index (χ0) is 23.6. The topological polar surface area (TPSA) is 84.5 Å². The van der Waals surface area contributed by atoms with Gasteiger partial charge in [-0.2, -0.15) is 0 Å². The van der Waals surface area contributed by atoms with E-state index in [0.717, 1.165) is 11.1 Å². The van der Waals surface area contributed by atoms with Crippen LogP contribution in [0.15, 0.2) is 48.5 Å². The Morgan fingerprint density at radius 2 is 1.75 bits per heavy atom. The average molecular weight is 477 g/mol. The van der Waals surface area contributed by atoms with E-state index in [1.54, 1.807) is 26.0 Å². The van der Waals surface area contributed by atoms with Gasteiger partial charge in [0.2, 0.25) is 15.9 Å². The number of nitrogens with one attached hydrogen (secondary N) is 2. The summed E-state index contributed by atoms with van der Waals surface area (Å²) in [4.78, 5) is 12.4. The van der Waals surface area contributed by atoms with Crippen LogP contribution in [0.1, 0.15) is 31.9 Å². The van der Waals surface area contributed by atoms with Gasteiger partial charge >= 0.3 is 0 Å². The van der Waals surface area contributed by atoms with Crippen molar-refractivity contribution in [1.29, 1.82) is 0 Å². The SMILES string of the molecule is CCS(=O)(=O)NC(C(=O)NCCc1ccc(OCC#Cc2ccc(Cl)cc2)cc1)C(C)C. The van der Waals surface area contributed by atoms with Crippen molar-refractivity contribution in [2.24, 2.45) is 5.92 Å². The maximum atomic E-state index is 12.4. The predicted molar refractivity (Wildman–Crippen MR) is 128 cm³/mol. The summed E-state index contributed by atoms with van der Waals surface area (Å²) in [6.07, 6.45) is 0.619. The molecule has 0 saturated carbocycles. The highest BCUT2D eigenvalue weighted by Crippen LogP contribution is 2.13. The molecule has 0 saturated heterocycles. The molecule has 2 N–H and O–H groups in total. The van der Waals surface area contributed by atoms with Crippen molar-refractivity contribution in [1.82, 2.24) is 10.0 Å². The van der Waals surface area contributed by atoms with Crippen molar-refractivity contribution < 1.29 is 17.9 Å².